The highest BCUT2D eigenvalue weighted by molar-refractivity contribution is 5.98. The summed E-state index contributed by atoms with van der Waals surface area (Å²) in [6.45, 7) is 8.18. The van der Waals surface area contributed by atoms with E-state index in [1.54, 1.807) is 0 Å². The number of ether oxygens (including phenoxy) is 2. The second kappa shape index (κ2) is 7.73. The Morgan fingerprint density at radius 1 is 1.20 bits per heavy atom. The number of hydrogen-bond donors (Lipinski definition) is 1. The first-order valence-electron chi connectivity index (χ1n) is 10.3. The lowest BCUT2D eigenvalue weighted by molar-refractivity contribution is -0.160. The third-order valence-electron chi connectivity index (χ3n) is 5.28. The van der Waals surface area contributed by atoms with Gasteiger partial charge in [0.1, 0.15) is 5.75 Å². The number of carboxylic acids is 1. The molecule has 0 unspecified atom stereocenters. The van der Waals surface area contributed by atoms with Gasteiger partial charge in [0.15, 0.2) is 6.10 Å². The maximum absolute atomic E-state index is 12.3. The third-order valence-corrected chi connectivity index (χ3v) is 5.28. The maximum Gasteiger partial charge on any atom is 0.337 e. The second-order valence-electron chi connectivity index (χ2n) is 8.73. The monoisotopic (exact) mass is 405 g/mol. The summed E-state index contributed by atoms with van der Waals surface area (Å²) >= 11 is 0. The van der Waals surface area contributed by atoms with Crippen LogP contribution in [0, 0.1) is 6.92 Å². The Bertz CT molecular complexity index is 1110. The van der Waals surface area contributed by atoms with E-state index in [0.717, 1.165) is 52.8 Å². The van der Waals surface area contributed by atoms with Crippen molar-refractivity contribution in [2.75, 3.05) is 6.61 Å². The fourth-order valence-corrected chi connectivity index (χ4v) is 4.08. The number of aromatic nitrogens is 1. The zero-order valence-electron chi connectivity index (χ0n) is 17.9. The summed E-state index contributed by atoms with van der Waals surface area (Å²) in [5, 5.41) is 11.0. The lowest BCUT2D eigenvalue weighted by Crippen LogP contribution is -2.28. The van der Waals surface area contributed by atoms with Gasteiger partial charge >= 0.3 is 5.97 Å². The maximum atomic E-state index is 12.3. The molecule has 0 amide bonds. The van der Waals surface area contributed by atoms with Gasteiger partial charge in [0.05, 0.1) is 17.7 Å². The summed E-state index contributed by atoms with van der Waals surface area (Å²) in [5.74, 6) is -0.116. The van der Waals surface area contributed by atoms with Crippen LogP contribution in [0.5, 0.6) is 5.75 Å². The summed E-state index contributed by atoms with van der Waals surface area (Å²) < 4.78 is 11.8. The first-order chi connectivity index (χ1) is 14.2. The predicted molar refractivity (Wildman–Crippen MR) is 117 cm³/mol. The number of nitrogens with zero attached hydrogens (tertiary/aromatic N) is 1. The molecule has 0 bridgehead atoms. The van der Waals surface area contributed by atoms with Gasteiger partial charge < -0.3 is 14.6 Å². The van der Waals surface area contributed by atoms with Gasteiger partial charge in [-0.25, -0.2) is 4.79 Å². The molecule has 0 saturated heterocycles. The minimum Gasteiger partial charge on any atom is -0.493 e. The van der Waals surface area contributed by atoms with Gasteiger partial charge in [-0.15, -0.1) is 0 Å². The van der Waals surface area contributed by atoms with Crippen LogP contribution < -0.4 is 4.74 Å². The van der Waals surface area contributed by atoms with Crippen molar-refractivity contribution in [2.24, 2.45) is 0 Å². The molecule has 3 aromatic rings. The van der Waals surface area contributed by atoms with Crippen molar-refractivity contribution in [1.82, 2.24) is 4.98 Å². The van der Waals surface area contributed by atoms with Gasteiger partial charge in [-0.3, -0.25) is 4.98 Å². The molecule has 1 aliphatic heterocycles. The molecule has 1 aromatic heterocycles. The number of para-hydroxylation sites is 1. The summed E-state index contributed by atoms with van der Waals surface area (Å²) in [7, 11) is 0. The van der Waals surface area contributed by atoms with Crippen LogP contribution in [-0.2, 0) is 16.0 Å². The molecule has 0 radical (unpaired) electrons. The Balaban J connectivity index is 2.01. The Hall–Kier alpha value is -2.92. The van der Waals surface area contributed by atoms with Gasteiger partial charge in [-0.1, -0.05) is 24.3 Å². The number of carboxylic acid groups (broad SMARTS) is 1. The fraction of sp³-hybridized carbons (Fsp3) is 0.360. The second-order valence-corrected chi connectivity index (χ2v) is 8.73. The first-order valence-corrected chi connectivity index (χ1v) is 10.3. The van der Waals surface area contributed by atoms with Gasteiger partial charge in [-0.05, 0) is 75.4 Å². The van der Waals surface area contributed by atoms with Crippen LogP contribution in [-0.4, -0.2) is 28.3 Å². The highest BCUT2D eigenvalue weighted by Gasteiger charge is 2.32. The summed E-state index contributed by atoms with van der Waals surface area (Å²) in [6.07, 6.45) is 0.801. The molecule has 30 heavy (non-hydrogen) atoms. The number of fused-ring (bicyclic) bond motifs is 2. The molecule has 5 nitrogen and oxygen atoms in total. The zero-order valence-corrected chi connectivity index (χ0v) is 17.9. The normalized spacial score (nSPS) is 14.8. The molecule has 0 aliphatic carbocycles. The molecule has 4 rings (SSSR count). The van der Waals surface area contributed by atoms with Gasteiger partial charge in [0, 0.05) is 16.6 Å². The van der Waals surface area contributed by atoms with Crippen LogP contribution >= 0.6 is 0 Å². The molecule has 1 aliphatic rings. The molecule has 0 saturated carbocycles. The average molecular weight is 405 g/mol. The number of hydrogen-bond acceptors (Lipinski definition) is 4. The van der Waals surface area contributed by atoms with Crippen LogP contribution in [0.4, 0.5) is 0 Å². The number of aryl methyl sites for hydroxylation is 2. The van der Waals surface area contributed by atoms with Gasteiger partial charge in [-0.2, -0.15) is 0 Å². The van der Waals surface area contributed by atoms with E-state index in [1.807, 2.05) is 64.1 Å². The van der Waals surface area contributed by atoms with E-state index in [2.05, 4.69) is 6.07 Å². The minimum atomic E-state index is -1.12. The van der Waals surface area contributed by atoms with Crippen molar-refractivity contribution < 1.29 is 19.4 Å². The Kier molecular flexibility index (Phi) is 5.24. The molecule has 2 aromatic carbocycles. The lowest BCUT2D eigenvalue weighted by atomic mass is 9.89. The largest absolute Gasteiger partial charge is 0.493 e. The number of carbonyl (C=O) groups is 1. The van der Waals surface area contributed by atoms with E-state index in [9.17, 15) is 9.90 Å². The van der Waals surface area contributed by atoms with E-state index in [0.29, 0.717) is 11.3 Å². The molecule has 0 fully saturated rings. The lowest BCUT2D eigenvalue weighted by Gasteiger charge is -2.28. The molecular weight excluding hydrogens is 378 g/mol. The molecular formula is C25H27NO4. The number of rotatable bonds is 4. The summed E-state index contributed by atoms with van der Waals surface area (Å²) in [6, 6.07) is 14.0. The van der Waals surface area contributed by atoms with Crippen LogP contribution in [0.25, 0.3) is 22.0 Å². The van der Waals surface area contributed by atoms with Crippen molar-refractivity contribution in [1.29, 1.82) is 0 Å². The topological polar surface area (TPSA) is 68.7 Å². The van der Waals surface area contributed by atoms with Crippen molar-refractivity contribution in [3.63, 3.8) is 0 Å². The molecule has 0 spiro atoms. The standard InChI is InChI=1S/C25H27NO4/c1-15-21(23(24(27)28)30-25(2,3)4)22(18-9-5-6-10-19(18)26-15)17-11-12-20-16(14-17)8-7-13-29-20/h5-6,9-12,14,23H,7-8,13H2,1-4H3,(H,27,28)/t23-/m0/s1. The average Bonchev–Trinajstić information content (AvgIpc) is 2.70. The van der Waals surface area contributed by atoms with E-state index in [4.69, 9.17) is 14.5 Å². The van der Waals surface area contributed by atoms with Crippen molar-refractivity contribution in [3.05, 3.63) is 59.3 Å². The SMILES string of the molecule is Cc1nc2ccccc2c(-c2ccc3c(c2)CCCO3)c1[C@H](OC(C)(C)C)C(=O)O. The number of aliphatic carboxylic acids is 1. The van der Waals surface area contributed by atoms with Gasteiger partial charge in [0.25, 0.3) is 0 Å². The highest BCUT2D eigenvalue weighted by Crippen LogP contribution is 2.41. The molecule has 5 heteroatoms. The Morgan fingerprint density at radius 3 is 2.70 bits per heavy atom. The molecule has 1 atom stereocenters. The third kappa shape index (κ3) is 3.90. The van der Waals surface area contributed by atoms with Crippen LogP contribution in [0.3, 0.4) is 0 Å². The Labute approximate surface area is 176 Å². The first kappa shape index (κ1) is 20.4. The predicted octanol–water partition coefficient (Wildman–Crippen LogP) is 5.48. The fourth-order valence-electron chi connectivity index (χ4n) is 4.08. The van der Waals surface area contributed by atoms with Crippen molar-refractivity contribution in [2.45, 2.75) is 52.2 Å². The summed E-state index contributed by atoms with van der Waals surface area (Å²) in [5.41, 5.74) is 4.45. The van der Waals surface area contributed by atoms with Crippen LogP contribution in [0.2, 0.25) is 0 Å². The van der Waals surface area contributed by atoms with Crippen molar-refractivity contribution in [3.8, 4) is 16.9 Å². The molecule has 2 heterocycles. The number of pyridine rings is 1. The quantitative estimate of drug-likeness (QED) is 0.623. The van der Waals surface area contributed by atoms with Crippen molar-refractivity contribution >= 4 is 16.9 Å². The molecule has 1 N–H and O–H groups in total. The van der Waals surface area contributed by atoms with E-state index >= 15 is 0 Å². The number of benzene rings is 2. The van der Waals surface area contributed by atoms with Gasteiger partial charge in [0.2, 0.25) is 0 Å². The molecule has 156 valence electrons. The van der Waals surface area contributed by atoms with E-state index in [-0.39, 0.29) is 0 Å². The Morgan fingerprint density at radius 2 is 1.97 bits per heavy atom. The van der Waals surface area contributed by atoms with Crippen LogP contribution in [0.15, 0.2) is 42.5 Å². The highest BCUT2D eigenvalue weighted by atomic mass is 16.5. The minimum absolute atomic E-state index is 0.604. The smallest absolute Gasteiger partial charge is 0.337 e. The van der Waals surface area contributed by atoms with E-state index < -0.39 is 17.7 Å². The zero-order chi connectivity index (χ0) is 21.5. The van der Waals surface area contributed by atoms with Crippen LogP contribution in [0.1, 0.15) is 50.1 Å². The summed E-state index contributed by atoms with van der Waals surface area (Å²) in [4.78, 5) is 17.0. The van der Waals surface area contributed by atoms with E-state index in [1.165, 1.54) is 0 Å².